The summed E-state index contributed by atoms with van der Waals surface area (Å²) >= 11 is 0.859. The topological polar surface area (TPSA) is 86.1 Å². The van der Waals surface area contributed by atoms with Gasteiger partial charge in [-0.25, -0.2) is 4.79 Å². The molecule has 1 aliphatic rings. The predicted octanol–water partition coefficient (Wildman–Crippen LogP) is 4.85. The third-order valence-corrected chi connectivity index (χ3v) is 5.65. The van der Waals surface area contributed by atoms with Crippen molar-refractivity contribution in [1.29, 1.82) is 0 Å². The highest BCUT2D eigenvalue weighted by Gasteiger charge is 2.36. The Morgan fingerprint density at radius 2 is 1.94 bits per heavy atom. The minimum atomic E-state index is -0.625. The highest BCUT2D eigenvalue weighted by molar-refractivity contribution is 8.18. The van der Waals surface area contributed by atoms with Crippen LogP contribution in [0.1, 0.15) is 28.8 Å². The van der Waals surface area contributed by atoms with Gasteiger partial charge in [0, 0.05) is 5.56 Å². The molecule has 0 radical (unpaired) electrons. The number of fused-ring (bicyclic) bond motifs is 1. The van der Waals surface area contributed by atoms with Gasteiger partial charge in [-0.2, -0.15) is 0 Å². The average Bonchev–Trinajstić information content (AvgIpc) is 3.35. The van der Waals surface area contributed by atoms with E-state index in [1.165, 1.54) is 19.2 Å². The smallest absolute Gasteiger partial charge is 0.373 e. The number of imide groups is 1. The van der Waals surface area contributed by atoms with E-state index in [9.17, 15) is 14.4 Å². The number of rotatable bonds is 6. The maximum absolute atomic E-state index is 13.0. The van der Waals surface area contributed by atoms with Gasteiger partial charge in [-0.1, -0.05) is 30.3 Å². The van der Waals surface area contributed by atoms with E-state index in [2.05, 4.69) is 4.74 Å². The van der Waals surface area contributed by atoms with Crippen molar-refractivity contribution in [3.05, 3.63) is 70.5 Å². The Labute approximate surface area is 182 Å². The van der Waals surface area contributed by atoms with Gasteiger partial charge in [0.05, 0.1) is 25.2 Å². The number of hydrogen-bond donors (Lipinski definition) is 0. The van der Waals surface area contributed by atoms with Crippen LogP contribution in [0.15, 0.2) is 57.9 Å². The lowest BCUT2D eigenvalue weighted by Crippen LogP contribution is -2.27. The number of nitrogens with zero attached hydrogens (tertiary/aromatic N) is 1. The zero-order valence-electron chi connectivity index (χ0n) is 16.9. The molecular formula is C23H19NO6S. The first kappa shape index (κ1) is 20.7. The Morgan fingerprint density at radius 3 is 2.71 bits per heavy atom. The van der Waals surface area contributed by atoms with E-state index < -0.39 is 17.1 Å². The van der Waals surface area contributed by atoms with E-state index >= 15 is 0 Å². The second-order valence-electron chi connectivity index (χ2n) is 6.66. The fraction of sp³-hybridized carbons (Fsp3) is 0.174. The van der Waals surface area contributed by atoms with Crippen molar-refractivity contribution >= 4 is 45.7 Å². The van der Waals surface area contributed by atoms with Gasteiger partial charge in [0.2, 0.25) is 5.76 Å². The van der Waals surface area contributed by atoms with Crippen molar-refractivity contribution in [2.75, 3.05) is 13.7 Å². The summed E-state index contributed by atoms with van der Waals surface area (Å²) in [7, 11) is 1.25. The van der Waals surface area contributed by atoms with Gasteiger partial charge in [-0.15, -0.1) is 0 Å². The van der Waals surface area contributed by atoms with E-state index in [1.54, 1.807) is 6.08 Å². The molecule has 1 aromatic heterocycles. The summed E-state index contributed by atoms with van der Waals surface area (Å²) in [5.74, 6) is -0.0934. The number of furan rings is 1. The fourth-order valence-electron chi connectivity index (χ4n) is 3.30. The SMILES string of the molecule is CCOc1ccc2ccccc2c1C=C1SC(=O)N(Cc2ccc(C(=O)OC)o2)C1=O. The van der Waals surface area contributed by atoms with Crippen LogP contribution in [0.25, 0.3) is 16.8 Å². The lowest BCUT2D eigenvalue weighted by atomic mass is 10.0. The minimum absolute atomic E-state index is 0.0112. The van der Waals surface area contributed by atoms with Gasteiger partial charge in [0.25, 0.3) is 11.1 Å². The van der Waals surface area contributed by atoms with Crippen LogP contribution in [-0.2, 0) is 16.1 Å². The van der Waals surface area contributed by atoms with E-state index in [0.717, 1.165) is 33.0 Å². The molecule has 2 heterocycles. The predicted molar refractivity (Wildman–Crippen MR) is 117 cm³/mol. The number of carbonyl (C=O) groups excluding carboxylic acids is 3. The Balaban J connectivity index is 1.65. The van der Waals surface area contributed by atoms with E-state index in [-0.39, 0.29) is 12.3 Å². The Bertz CT molecular complexity index is 1210. The number of carbonyl (C=O) groups is 3. The quantitative estimate of drug-likeness (QED) is 0.402. The summed E-state index contributed by atoms with van der Waals surface area (Å²) in [4.78, 5) is 38.4. The minimum Gasteiger partial charge on any atom is -0.493 e. The molecule has 0 aliphatic carbocycles. The lowest BCUT2D eigenvalue weighted by molar-refractivity contribution is -0.123. The number of benzene rings is 2. The van der Waals surface area contributed by atoms with Gasteiger partial charge in [-0.05, 0) is 53.7 Å². The van der Waals surface area contributed by atoms with Crippen LogP contribution >= 0.6 is 11.8 Å². The van der Waals surface area contributed by atoms with E-state index in [0.29, 0.717) is 23.0 Å². The molecule has 0 atom stereocenters. The summed E-state index contributed by atoms with van der Waals surface area (Å²) in [6, 6.07) is 14.6. The molecule has 2 aromatic carbocycles. The van der Waals surface area contributed by atoms with Gasteiger partial charge >= 0.3 is 5.97 Å². The molecule has 0 unspecified atom stereocenters. The van der Waals surface area contributed by atoms with Crippen molar-refractivity contribution in [3.8, 4) is 5.75 Å². The molecule has 7 nitrogen and oxygen atoms in total. The normalized spacial score (nSPS) is 15.2. The maximum Gasteiger partial charge on any atom is 0.373 e. The molecule has 1 fully saturated rings. The molecule has 8 heteroatoms. The third kappa shape index (κ3) is 4.06. The van der Waals surface area contributed by atoms with E-state index in [4.69, 9.17) is 9.15 Å². The highest BCUT2D eigenvalue weighted by Crippen LogP contribution is 2.37. The van der Waals surface area contributed by atoms with Crippen LogP contribution in [0, 0.1) is 0 Å². The molecule has 158 valence electrons. The first-order chi connectivity index (χ1) is 15.0. The standard InChI is InChI=1S/C23H19NO6S/c1-3-29-18-10-8-14-6-4-5-7-16(14)17(18)12-20-21(25)24(23(27)31-20)13-15-9-11-19(30-15)22(26)28-2/h4-12H,3,13H2,1-2H3. The van der Waals surface area contributed by atoms with Crippen molar-refractivity contribution in [2.45, 2.75) is 13.5 Å². The number of hydrogen-bond acceptors (Lipinski definition) is 7. The van der Waals surface area contributed by atoms with Gasteiger partial charge < -0.3 is 13.9 Å². The summed E-state index contributed by atoms with van der Waals surface area (Å²) in [6.07, 6.45) is 1.69. The molecular weight excluding hydrogens is 418 g/mol. The largest absolute Gasteiger partial charge is 0.493 e. The lowest BCUT2D eigenvalue weighted by Gasteiger charge is -2.12. The Morgan fingerprint density at radius 1 is 1.13 bits per heavy atom. The molecule has 1 saturated heterocycles. The molecule has 4 rings (SSSR count). The molecule has 0 N–H and O–H groups in total. The average molecular weight is 437 g/mol. The fourth-order valence-corrected chi connectivity index (χ4v) is 4.12. The van der Waals surface area contributed by atoms with Crippen LogP contribution < -0.4 is 4.74 Å². The van der Waals surface area contributed by atoms with Crippen LogP contribution in [0.3, 0.4) is 0 Å². The van der Waals surface area contributed by atoms with Crippen LogP contribution in [-0.4, -0.2) is 35.7 Å². The molecule has 0 bridgehead atoms. The molecule has 3 aromatic rings. The number of ether oxygens (including phenoxy) is 2. The van der Waals surface area contributed by atoms with Crippen molar-refractivity contribution < 1.29 is 28.3 Å². The first-order valence-corrected chi connectivity index (χ1v) is 10.4. The summed E-state index contributed by atoms with van der Waals surface area (Å²) in [6.45, 7) is 2.29. The van der Waals surface area contributed by atoms with Crippen molar-refractivity contribution in [1.82, 2.24) is 4.90 Å². The third-order valence-electron chi connectivity index (χ3n) is 4.74. The molecule has 31 heavy (non-hydrogen) atoms. The molecule has 2 amide bonds. The number of amides is 2. The first-order valence-electron chi connectivity index (χ1n) is 9.58. The zero-order valence-corrected chi connectivity index (χ0v) is 17.7. The van der Waals surface area contributed by atoms with Gasteiger partial charge in [0.1, 0.15) is 11.5 Å². The van der Waals surface area contributed by atoms with Crippen molar-refractivity contribution in [2.24, 2.45) is 0 Å². The summed E-state index contributed by atoms with van der Waals surface area (Å²) in [5, 5.41) is 1.52. The van der Waals surface area contributed by atoms with Crippen LogP contribution in [0.4, 0.5) is 4.79 Å². The Hall–Kier alpha value is -3.52. The number of esters is 1. The van der Waals surface area contributed by atoms with Crippen molar-refractivity contribution in [3.63, 3.8) is 0 Å². The second kappa shape index (κ2) is 8.69. The number of methoxy groups -OCH3 is 1. The molecule has 0 saturated carbocycles. The van der Waals surface area contributed by atoms with Crippen LogP contribution in [0.2, 0.25) is 0 Å². The monoisotopic (exact) mass is 437 g/mol. The number of thioether (sulfide) groups is 1. The van der Waals surface area contributed by atoms with Gasteiger partial charge in [0.15, 0.2) is 0 Å². The molecule has 1 aliphatic heterocycles. The van der Waals surface area contributed by atoms with Gasteiger partial charge in [-0.3, -0.25) is 14.5 Å². The maximum atomic E-state index is 13.0. The second-order valence-corrected chi connectivity index (χ2v) is 7.65. The molecule has 0 spiro atoms. The van der Waals surface area contributed by atoms with E-state index in [1.807, 2.05) is 43.3 Å². The highest BCUT2D eigenvalue weighted by atomic mass is 32.2. The van der Waals surface area contributed by atoms with Crippen LogP contribution in [0.5, 0.6) is 5.75 Å². The summed E-state index contributed by atoms with van der Waals surface area (Å²) in [5.41, 5.74) is 0.747. The summed E-state index contributed by atoms with van der Waals surface area (Å²) < 4.78 is 15.7. The Kier molecular flexibility index (Phi) is 5.81. The zero-order chi connectivity index (χ0) is 22.0.